The summed E-state index contributed by atoms with van der Waals surface area (Å²) in [4.78, 5) is 14.9. The fraction of sp³-hybridized carbons (Fsp3) is 0.250. The maximum absolute atomic E-state index is 13.5. The van der Waals surface area contributed by atoms with Gasteiger partial charge < -0.3 is 5.11 Å². The summed E-state index contributed by atoms with van der Waals surface area (Å²) in [6, 6.07) is 4.45. The molecule has 0 radical (unpaired) electrons. The molecule has 0 unspecified atom stereocenters. The second kappa shape index (κ2) is 5.08. The van der Waals surface area contributed by atoms with Gasteiger partial charge in [0.1, 0.15) is 11.6 Å². The molecule has 0 saturated heterocycles. The highest BCUT2D eigenvalue weighted by Crippen LogP contribution is 2.22. The lowest BCUT2D eigenvalue weighted by molar-refractivity contribution is 0.0683. The predicted octanol–water partition coefficient (Wildman–Crippen LogP) is 2.99. The number of hydrogen-bond donors (Lipinski definition) is 1. The molecular weight excluding hydrogens is 317 g/mol. The molecule has 2 rings (SSSR count). The summed E-state index contributed by atoms with van der Waals surface area (Å²) in [5.74, 6) is -1.52. The van der Waals surface area contributed by atoms with Gasteiger partial charge in [0.25, 0.3) is 5.82 Å². The Hall–Kier alpha value is -1.76. The molecule has 1 heterocycles. The normalized spacial score (nSPS) is 11.0. The van der Waals surface area contributed by atoms with Gasteiger partial charge in [-0.25, -0.2) is 18.9 Å². The molecule has 0 amide bonds. The second-order valence-electron chi connectivity index (χ2n) is 4.26. The Bertz CT molecular complexity index is 640. The summed E-state index contributed by atoms with van der Waals surface area (Å²) in [5.41, 5.74) is 0.435. The third-order valence-electron chi connectivity index (χ3n) is 2.49. The molecule has 1 N–H and O–H groups in total. The smallest absolute Gasteiger partial charge is 0.375 e. The zero-order chi connectivity index (χ0) is 14.2. The number of carboxylic acids is 1. The topological polar surface area (TPSA) is 68.0 Å². The molecule has 2 aromatic rings. The maximum atomic E-state index is 13.5. The fourth-order valence-corrected chi connectivity index (χ4v) is 1.84. The lowest BCUT2D eigenvalue weighted by Gasteiger charge is -2.08. The van der Waals surface area contributed by atoms with Gasteiger partial charge in [-0.05, 0) is 28.1 Å². The molecule has 0 aliphatic heterocycles. The van der Waals surface area contributed by atoms with Crippen LogP contribution in [-0.4, -0.2) is 25.8 Å². The molecule has 0 atom stereocenters. The molecule has 1 aromatic heterocycles. The number of carboxylic acid groups (broad SMARTS) is 1. The Labute approximate surface area is 117 Å². The minimum Gasteiger partial charge on any atom is -0.475 e. The van der Waals surface area contributed by atoms with Crippen LogP contribution in [0.4, 0.5) is 4.39 Å². The molecule has 0 saturated carbocycles. The number of carbonyl (C=O) groups is 1. The molecule has 0 aliphatic rings. The van der Waals surface area contributed by atoms with E-state index in [4.69, 9.17) is 5.11 Å². The van der Waals surface area contributed by atoms with Gasteiger partial charge in [-0.2, -0.15) is 0 Å². The standard InChI is InChI=1S/C12H11BrFN3O2/c1-6(2)11-15-10(12(18)19)16-17(11)7-3-4-8(13)9(14)5-7/h3-6H,1-2H3,(H,18,19). The van der Waals surface area contributed by atoms with Crippen molar-refractivity contribution >= 4 is 21.9 Å². The Morgan fingerprint density at radius 2 is 2.16 bits per heavy atom. The van der Waals surface area contributed by atoms with E-state index >= 15 is 0 Å². The predicted molar refractivity (Wildman–Crippen MR) is 70.1 cm³/mol. The van der Waals surface area contributed by atoms with Crippen LogP contribution in [0.15, 0.2) is 22.7 Å². The van der Waals surface area contributed by atoms with E-state index in [0.717, 1.165) is 0 Å². The van der Waals surface area contributed by atoms with Crippen LogP contribution in [0.25, 0.3) is 5.69 Å². The molecular formula is C12H11BrFN3O2. The highest BCUT2D eigenvalue weighted by atomic mass is 79.9. The van der Waals surface area contributed by atoms with Crippen LogP contribution < -0.4 is 0 Å². The summed E-state index contributed by atoms with van der Waals surface area (Å²) < 4.78 is 15.2. The van der Waals surface area contributed by atoms with E-state index in [9.17, 15) is 9.18 Å². The van der Waals surface area contributed by atoms with Gasteiger partial charge in [0.05, 0.1) is 10.2 Å². The first kappa shape index (κ1) is 13.7. The Morgan fingerprint density at radius 1 is 1.47 bits per heavy atom. The van der Waals surface area contributed by atoms with Crippen molar-refractivity contribution in [1.82, 2.24) is 14.8 Å². The summed E-state index contributed by atoms with van der Waals surface area (Å²) in [7, 11) is 0. The quantitative estimate of drug-likeness (QED) is 0.940. The molecule has 100 valence electrons. The van der Waals surface area contributed by atoms with E-state index in [1.165, 1.54) is 16.8 Å². The van der Waals surface area contributed by atoms with E-state index < -0.39 is 11.8 Å². The van der Waals surface area contributed by atoms with Crippen LogP contribution in [0.1, 0.15) is 36.2 Å². The first-order chi connectivity index (χ1) is 8.90. The van der Waals surface area contributed by atoms with Crippen LogP contribution in [0, 0.1) is 5.82 Å². The highest BCUT2D eigenvalue weighted by molar-refractivity contribution is 9.10. The summed E-state index contributed by atoms with van der Waals surface area (Å²) in [5, 5.41) is 12.8. The first-order valence-corrected chi connectivity index (χ1v) is 6.35. The van der Waals surface area contributed by atoms with Crippen LogP contribution >= 0.6 is 15.9 Å². The van der Waals surface area contributed by atoms with Crippen molar-refractivity contribution in [1.29, 1.82) is 0 Å². The van der Waals surface area contributed by atoms with Crippen LogP contribution in [0.3, 0.4) is 0 Å². The fourth-order valence-electron chi connectivity index (χ4n) is 1.60. The van der Waals surface area contributed by atoms with E-state index in [1.54, 1.807) is 6.07 Å². The Kier molecular flexibility index (Phi) is 3.66. The molecule has 0 fully saturated rings. The van der Waals surface area contributed by atoms with Crippen LogP contribution in [0.2, 0.25) is 0 Å². The summed E-state index contributed by atoms with van der Waals surface area (Å²) in [6.07, 6.45) is 0. The third kappa shape index (κ3) is 2.65. The molecule has 5 nitrogen and oxygen atoms in total. The third-order valence-corrected chi connectivity index (χ3v) is 3.13. The molecule has 0 bridgehead atoms. The number of halogens is 2. The average Bonchev–Trinajstić information content (AvgIpc) is 2.78. The monoisotopic (exact) mass is 327 g/mol. The van der Waals surface area contributed by atoms with Gasteiger partial charge >= 0.3 is 5.97 Å². The summed E-state index contributed by atoms with van der Waals surface area (Å²) in [6.45, 7) is 3.72. The Morgan fingerprint density at radius 3 is 2.68 bits per heavy atom. The van der Waals surface area contributed by atoms with Crippen molar-refractivity contribution in [2.45, 2.75) is 19.8 Å². The highest BCUT2D eigenvalue weighted by Gasteiger charge is 2.19. The number of hydrogen-bond acceptors (Lipinski definition) is 3. The lowest BCUT2D eigenvalue weighted by atomic mass is 10.2. The number of aromatic nitrogens is 3. The molecule has 7 heteroatoms. The number of benzene rings is 1. The van der Waals surface area contributed by atoms with Crippen molar-refractivity contribution in [2.75, 3.05) is 0 Å². The summed E-state index contributed by atoms with van der Waals surface area (Å²) >= 11 is 3.06. The van der Waals surface area contributed by atoms with E-state index in [-0.39, 0.29) is 11.7 Å². The minimum atomic E-state index is -1.21. The van der Waals surface area contributed by atoms with Gasteiger partial charge in [0.2, 0.25) is 0 Å². The molecule has 0 aliphatic carbocycles. The largest absolute Gasteiger partial charge is 0.475 e. The van der Waals surface area contributed by atoms with Crippen molar-refractivity contribution in [3.63, 3.8) is 0 Å². The zero-order valence-electron chi connectivity index (χ0n) is 10.3. The van der Waals surface area contributed by atoms with E-state index in [0.29, 0.717) is 16.0 Å². The second-order valence-corrected chi connectivity index (χ2v) is 5.12. The van der Waals surface area contributed by atoms with Gasteiger partial charge in [-0.15, -0.1) is 5.10 Å². The first-order valence-electron chi connectivity index (χ1n) is 5.56. The maximum Gasteiger partial charge on any atom is 0.375 e. The Balaban J connectivity index is 2.59. The van der Waals surface area contributed by atoms with Crippen molar-refractivity contribution in [3.8, 4) is 5.69 Å². The van der Waals surface area contributed by atoms with Gasteiger partial charge in [0, 0.05) is 12.0 Å². The molecule has 0 spiro atoms. The number of nitrogens with zero attached hydrogens (tertiary/aromatic N) is 3. The minimum absolute atomic E-state index is 0.0349. The van der Waals surface area contributed by atoms with Crippen molar-refractivity contribution in [3.05, 3.63) is 40.1 Å². The average molecular weight is 328 g/mol. The molecule has 19 heavy (non-hydrogen) atoms. The number of rotatable bonds is 3. The van der Waals surface area contributed by atoms with Crippen molar-refractivity contribution in [2.24, 2.45) is 0 Å². The lowest BCUT2D eigenvalue weighted by Crippen LogP contribution is -2.05. The van der Waals surface area contributed by atoms with Crippen LogP contribution in [-0.2, 0) is 0 Å². The SMILES string of the molecule is CC(C)c1nc(C(=O)O)nn1-c1ccc(Br)c(F)c1. The van der Waals surface area contributed by atoms with Crippen molar-refractivity contribution < 1.29 is 14.3 Å². The number of aromatic carboxylic acids is 1. The van der Waals surface area contributed by atoms with E-state index in [2.05, 4.69) is 26.0 Å². The van der Waals surface area contributed by atoms with Gasteiger partial charge in [0.15, 0.2) is 0 Å². The van der Waals surface area contributed by atoms with E-state index in [1.807, 2.05) is 13.8 Å². The van der Waals surface area contributed by atoms with Crippen LogP contribution in [0.5, 0.6) is 0 Å². The van der Waals surface area contributed by atoms with Gasteiger partial charge in [-0.3, -0.25) is 0 Å². The zero-order valence-corrected chi connectivity index (χ0v) is 11.8. The molecule has 1 aromatic carbocycles. The van der Waals surface area contributed by atoms with Gasteiger partial charge in [-0.1, -0.05) is 13.8 Å².